The molecule has 2 amide bonds. The van der Waals surface area contributed by atoms with Crippen LogP contribution >= 0.6 is 0 Å². The van der Waals surface area contributed by atoms with Crippen molar-refractivity contribution in [1.82, 2.24) is 59.1 Å². The average Bonchev–Trinajstić information content (AvgIpc) is 4.20. The number of likely N-dealkylation sites (N-methyl/N-ethyl adjacent to an activating group) is 2. The van der Waals surface area contributed by atoms with Gasteiger partial charge in [0, 0.05) is 27.2 Å². The first-order valence-corrected chi connectivity index (χ1v) is 26.9. The standard InChI is InChI=1S/C26H29N7O6S.C22H29N7O6S/c1-3-28-25(36)22-20(34)21(35)26(39-22)33-14-29-19-23(27-2)31-18(32-24(19)33)13-30-40(37,38)17-11-9-16(10-12-17)15-7-5-4-6-8-15;1-5-24-21(32)18-16(30)17(31)22(35-18)29-10-25-15-19(23-4)27-14(28-20(15)29)9-26-36(33,34)13-7-6-11(2)12(3)8-13/h4-12,14,20-22,26,30,34-35H,3,13H2,1-2H3,(H,28,36)(H,27,31,32);6-8,10,16-18,22,26,30-31H,5,9H2,1-4H3,(H,24,32)(H,23,27,28)/t20-,21+,22-,26+;16-,17+,18-,22+/m00/s1. The van der Waals surface area contributed by atoms with Crippen molar-refractivity contribution in [3.8, 4) is 11.1 Å². The van der Waals surface area contributed by atoms with E-state index >= 15 is 0 Å². The van der Waals surface area contributed by atoms with Crippen LogP contribution in [0.15, 0.2) is 95.2 Å². The second kappa shape index (κ2) is 23.0. The van der Waals surface area contributed by atoms with E-state index in [2.05, 4.69) is 60.6 Å². The number of ether oxygens (including phenoxy) is 2. The molecule has 2 fully saturated rings. The summed E-state index contributed by atoms with van der Waals surface area (Å²) >= 11 is 0. The van der Waals surface area contributed by atoms with E-state index in [1.165, 1.54) is 40.0 Å². The summed E-state index contributed by atoms with van der Waals surface area (Å²) in [7, 11) is -4.48. The minimum absolute atomic E-state index is 0.0833. The molecule has 8 atom stereocenters. The molecule has 10 N–H and O–H groups in total. The third-order valence-electron chi connectivity index (χ3n) is 12.6. The Balaban J connectivity index is 0.000000203. The van der Waals surface area contributed by atoms with E-state index in [-0.39, 0.29) is 45.8 Å². The van der Waals surface area contributed by atoms with Crippen molar-refractivity contribution < 1.29 is 56.3 Å². The van der Waals surface area contributed by atoms with Gasteiger partial charge < -0.3 is 51.2 Å². The number of anilines is 2. The predicted molar refractivity (Wildman–Crippen MR) is 275 cm³/mol. The van der Waals surface area contributed by atoms with Gasteiger partial charge in [-0.3, -0.25) is 18.7 Å². The molecular weight excluding hydrogens is 1030 g/mol. The molecule has 0 spiro atoms. The van der Waals surface area contributed by atoms with E-state index in [0.717, 1.165) is 22.3 Å². The molecule has 0 aliphatic carbocycles. The lowest BCUT2D eigenvalue weighted by atomic mass is 10.1. The number of sulfonamides is 2. The van der Waals surface area contributed by atoms with Crippen LogP contribution in [0.4, 0.5) is 11.6 Å². The zero-order valence-electron chi connectivity index (χ0n) is 42.0. The van der Waals surface area contributed by atoms with Gasteiger partial charge in [-0.25, -0.2) is 56.2 Å². The Morgan fingerprint density at radius 3 is 1.45 bits per heavy atom. The van der Waals surface area contributed by atoms with Crippen LogP contribution in [0.3, 0.4) is 0 Å². The van der Waals surface area contributed by atoms with Crippen molar-refractivity contribution >= 4 is 65.8 Å². The summed E-state index contributed by atoms with van der Waals surface area (Å²) in [6.45, 7) is 7.38. The Morgan fingerprint density at radius 2 is 1.01 bits per heavy atom. The molecule has 0 unspecified atom stereocenters. The van der Waals surface area contributed by atoms with Gasteiger partial charge in [0.1, 0.15) is 36.1 Å². The molecule has 3 aromatic carbocycles. The fraction of sp³-hybridized carbons (Fsp3) is 0.375. The number of amides is 2. The highest BCUT2D eigenvalue weighted by molar-refractivity contribution is 7.89. The maximum absolute atomic E-state index is 13.0. The topological polar surface area (TPSA) is 361 Å². The zero-order valence-corrected chi connectivity index (χ0v) is 43.6. The number of rotatable bonds is 17. The molecule has 4 aromatic heterocycles. The van der Waals surface area contributed by atoms with Crippen molar-refractivity contribution in [1.29, 1.82) is 0 Å². The van der Waals surface area contributed by atoms with E-state index < -0.39 is 80.9 Å². The lowest BCUT2D eigenvalue weighted by Crippen LogP contribution is -2.42. The second-order valence-corrected chi connectivity index (χ2v) is 21.1. The largest absolute Gasteiger partial charge is 0.387 e. The zero-order chi connectivity index (χ0) is 54.6. The molecule has 7 aromatic rings. The summed E-state index contributed by atoms with van der Waals surface area (Å²) in [5.41, 5.74) is 4.79. The quantitative estimate of drug-likeness (QED) is 0.0593. The number of carbonyl (C=O) groups excluding carboxylic acids is 2. The molecule has 0 radical (unpaired) electrons. The van der Waals surface area contributed by atoms with Gasteiger partial charge in [-0.15, -0.1) is 0 Å². The second-order valence-electron chi connectivity index (χ2n) is 17.6. The van der Waals surface area contributed by atoms with Crippen LogP contribution < -0.4 is 30.7 Å². The molecule has 0 saturated carbocycles. The summed E-state index contributed by atoms with van der Waals surface area (Å²) < 4.78 is 70.8. The van der Waals surface area contributed by atoms with E-state index in [0.29, 0.717) is 35.8 Å². The Morgan fingerprint density at radius 1 is 0.579 bits per heavy atom. The smallest absolute Gasteiger partial charge is 0.252 e. The fourth-order valence-corrected chi connectivity index (χ4v) is 10.4. The first-order chi connectivity index (χ1) is 36.3. The molecule has 26 nitrogen and oxygen atoms in total. The Kier molecular flexibility index (Phi) is 16.7. The van der Waals surface area contributed by atoms with Crippen molar-refractivity contribution in [2.24, 2.45) is 0 Å². The molecule has 2 aliphatic rings. The predicted octanol–water partition coefficient (Wildman–Crippen LogP) is 0.487. The maximum atomic E-state index is 13.0. The average molecular weight is 1090 g/mol. The van der Waals surface area contributed by atoms with E-state index in [9.17, 15) is 46.9 Å². The number of hydrogen-bond donors (Lipinski definition) is 10. The van der Waals surface area contributed by atoms with Crippen molar-refractivity contribution in [3.05, 3.63) is 108 Å². The lowest BCUT2D eigenvalue weighted by Gasteiger charge is -2.17. The highest BCUT2D eigenvalue weighted by Crippen LogP contribution is 2.35. The summed E-state index contributed by atoms with van der Waals surface area (Å²) in [4.78, 5) is 50.9. The van der Waals surface area contributed by atoms with Gasteiger partial charge in [0.05, 0.1) is 35.5 Å². The Labute approximate surface area is 436 Å². The molecule has 76 heavy (non-hydrogen) atoms. The molecule has 404 valence electrons. The van der Waals surface area contributed by atoms with Gasteiger partial charge in [-0.2, -0.15) is 0 Å². The van der Waals surface area contributed by atoms with Gasteiger partial charge in [0.15, 0.2) is 58.6 Å². The van der Waals surface area contributed by atoms with Crippen LogP contribution in [-0.4, -0.2) is 152 Å². The van der Waals surface area contributed by atoms with Crippen LogP contribution in [0.1, 0.15) is 49.1 Å². The molecule has 9 rings (SSSR count). The van der Waals surface area contributed by atoms with Crippen LogP contribution in [0, 0.1) is 13.8 Å². The van der Waals surface area contributed by atoms with Crippen molar-refractivity contribution in [3.63, 3.8) is 0 Å². The normalized spacial score (nSPS) is 21.6. The number of aromatic nitrogens is 8. The molecular formula is C48H58N14O12S2. The summed E-state index contributed by atoms with van der Waals surface area (Å²) in [6.07, 6.45) is -8.01. The number of hydrogen-bond acceptors (Lipinski definition) is 20. The van der Waals surface area contributed by atoms with Crippen LogP contribution in [-0.2, 0) is 52.2 Å². The number of aliphatic hydroxyl groups excluding tert-OH is 4. The minimum atomic E-state index is -3.90. The van der Waals surface area contributed by atoms with Gasteiger partial charge in [0.2, 0.25) is 20.0 Å². The van der Waals surface area contributed by atoms with Crippen molar-refractivity contribution in [2.45, 2.75) is 99.7 Å². The Bertz CT molecular complexity index is 3460. The SMILES string of the molecule is CCNC(=O)[C@H]1O[C@@H](n2cnc3c(NC)nc(CNS(=O)(=O)c4ccc(-c5ccccc5)cc4)nc32)[C@H](O)[C@@H]1O.CCNC(=O)[C@H]1O[C@@H](n2cnc3c(NC)nc(CNS(=O)(=O)c4ccc(C)c(C)c4)nc32)[C@H](O)[C@@H]1O. The number of nitrogens with one attached hydrogen (secondary N) is 6. The number of fused-ring (bicyclic) bond motifs is 2. The number of benzene rings is 3. The third kappa shape index (κ3) is 11.4. The number of imidazole rings is 2. The van der Waals surface area contributed by atoms with Gasteiger partial charge in [-0.1, -0.05) is 48.5 Å². The van der Waals surface area contributed by atoms with E-state index in [1.807, 2.05) is 44.2 Å². The highest BCUT2D eigenvalue weighted by Gasteiger charge is 2.49. The number of aliphatic hydroxyl groups is 4. The lowest BCUT2D eigenvalue weighted by molar-refractivity contribution is -0.138. The number of carbonyl (C=O) groups is 2. The van der Waals surface area contributed by atoms with Gasteiger partial charge in [0.25, 0.3) is 11.8 Å². The minimum Gasteiger partial charge on any atom is -0.387 e. The number of nitrogens with zero attached hydrogens (tertiary/aromatic N) is 8. The van der Waals surface area contributed by atoms with Gasteiger partial charge >= 0.3 is 0 Å². The molecule has 2 saturated heterocycles. The highest BCUT2D eigenvalue weighted by atomic mass is 32.2. The van der Waals surface area contributed by atoms with E-state index in [4.69, 9.17) is 9.47 Å². The molecule has 6 heterocycles. The Hall–Kier alpha value is -7.12. The van der Waals surface area contributed by atoms with Crippen molar-refractivity contribution in [2.75, 3.05) is 37.8 Å². The molecule has 0 bridgehead atoms. The molecule has 2 aliphatic heterocycles. The first-order valence-electron chi connectivity index (χ1n) is 23.9. The fourth-order valence-electron chi connectivity index (χ4n) is 8.39. The summed E-state index contributed by atoms with van der Waals surface area (Å²) in [6, 6.07) is 21.0. The summed E-state index contributed by atoms with van der Waals surface area (Å²) in [5.74, 6) is -0.210. The van der Waals surface area contributed by atoms with E-state index in [1.54, 1.807) is 52.2 Å². The first kappa shape index (κ1) is 55.1. The van der Waals surface area contributed by atoms with Crippen LogP contribution in [0.2, 0.25) is 0 Å². The molecule has 28 heteroatoms. The maximum Gasteiger partial charge on any atom is 0.252 e. The van der Waals surface area contributed by atoms with Crippen LogP contribution in [0.25, 0.3) is 33.5 Å². The summed E-state index contributed by atoms with van der Waals surface area (Å²) in [5, 5.41) is 53.0. The third-order valence-corrected chi connectivity index (χ3v) is 15.4. The van der Waals surface area contributed by atoms with Crippen LogP contribution in [0.5, 0.6) is 0 Å². The monoisotopic (exact) mass is 1090 g/mol. The number of aryl methyl sites for hydroxylation is 2. The van der Waals surface area contributed by atoms with Gasteiger partial charge in [-0.05, 0) is 74.2 Å².